The summed E-state index contributed by atoms with van der Waals surface area (Å²) in [5, 5.41) is 17.9. The zero-order chi connectivity index (χ0) is 7.98. The van der Waals surface area contributed by atoms with Gasteiger partial charge in [-0.1, -0.05) is 0 Å². The fourth-order valence-electron chi connectivity index (χ4n) is 0.709. The van der Waals surface area contributed by atoms with Gasteiger partial charge in [-0.05, 0) is 19.8 Å². The van der Waals surface area contributed by atoms with Gasteiger partial charge in [0.15, 0.2) is 0 Å². The molecular formula is C7H16O3. The van der Waals surface area contributed by atoms with E-state index in [-0.39, 0.29) is 6.10 Å². The molecule has 0 aliphatic carbocycles. The van der Waals surface area contributed by atoms with Gasteiger partial charge in [0.1, 0.15) is 0 Å². The van der Waals surface area contributed by atoms with Crippen molar-refractivity contribution in [2.24, 2.45) is 0 Å². The van der Waals surface area contributed by atoms with E-state index in [2.05, 4.69) is 0 Å². The van der Waals surface area contributed by atoms with Crippen LogP contribution in [0.25, 0.3) is 0 Å². The molecule has 0 heterocycles. The molecule has 0 saturated heterocycles. The Hall–Kier alpha value is -0.120. The lowest BCUT2D eigenvalue weighted by molar-refractivity contribution is 0.0482. The maximum Gasteiger partial charge on any atom is 0.0774 e. The molecule has 2 N–H and O–H groups in total. The van der Waals surface area contributed by atoms with Crippen LogP contribution in [-0.4, -0.2) is 36.1 Å². The first kappa shape index (κ1) is 9.88. The Morgan fingerprint density at radius 1 is 1.30 bits per heavy atom. The molecule has 2 unspecified atom stereocenters. The Morgan fingerprint density at radius 3 is 2.30 bits per heavy atom. The van der Waals surface area contributed by atoms with Gasteiger partial charge >= 0.3 is 0 Å². The molecule has 2 atom stereocenters. The van der Waals surface area contributed by atoms with Gasteiger partial charge in [-0.2, -0.15) is 0 Å². The summed E-state index contributed by atoms with van der Waals surface area (Å²) in [6, 6.07) is 0. The first-order chi connectivity index (χ1) is 4.66. The SMILES string of the molecule is COCC(O)CCC(C)O. The second-order valence-corrected chi connectivity index (χ2v) is 2.54. The van der Waals surface area contributed by atoms with Crippen LogP contribution >= 0.6 is 0 Å². The van der Waals surface area contributed by atoms with Crippen LogP contribution in [0.2, 0.25) is 0 Å². The average molecular weight is 148 g/mol. The zero-order valence-corrected chi connectivity index (χ0v) is 6.58. The number of hydrogen-bond acceptors (Lipinski definition) is 3. The average Bonchev–Trinajstić information content (AvgIpc) is 1.85. The first-order valence-electron chi connectivity index (χ1n) is 3.52. The lowest BCUT2D eigenvalue weighted by Gasteiger charge is -2.09. The van der Waals surface area contributed by atoms with Gasteiger partial charge in [0.25, 0.3) is 0 Å². The summed E-state index contributed by atoms with van der Waals surface area (Å²) in [5.74, 6) is 0. The maximum absolute atomic E-state index is 9.06. The summed E-state index contributed by atoms with van der Waals surface area (Å²) in [5.41, 5.74) is 0. The monoisotopic (exact) mass is 148 g/mol. The van der Waals surface area contributed by atoms with Crippen LogP contribution < -0.4 is 0 Å². The molecule has 3 heteroatoms. The number of hydrogen-bond donors (Lipinski definition) is 2. The lowest BCUT2D eigenvalue weighted by Crippen LogP contribution is -2.16. The molecule has 0 radical (unpaired) electrons. The predicted molar refractivity (Wildman–Crippen MR) is 38.8 cm³/mol. The highest BCUT2D eigenvalue weighted by atomic mass is 16.5. The van der Waals surface area contributed by atoms with Gasteiger partial charge < -0.3 is 14.9 Å². The third-order valence-corrected chi connectivity index (χ3v) is 1.28. The van der Waals surface area contributed by atoms with Gasteiger partial charge in [-0.15, -0.1) is 0 Å². The summed E-state index contributed by atoms with van der Waals surface area (Å²) >= 11 is 0. The minimum absolute atomic E-state index is 0.327. The summed E-state index contributed by atoms with van der Waals surface area (Å²) in [4.78, 5) is 0. The van der Waals surface area contributed by atoms with Crippen LogP contribution in [0.1, 0.15) is 19.8 Å². The van der Waals surface area contributed by atoms with Crippen molar-refractivity contribution in [3.63, 3.8) is 0 Å². The van der Waals surface area contributed by atoms with Crippen molar-refractivity contribution in [3.05, 3.63) is 0 Å². The van der Waals surface area contributed by atoms with E-state index < -0.39 is 6.10 Å². The topological polar surface area (TPSA) is 49.7 Å². The third-order valence-electron chi connectivity index (χ3n) is 1.28. The van der Waals surface area contributed by atoms with E-state index in [9.17, 15) is 0 Å². The molecule has 0 bridgehead atoms. The maximum atomic E-state index is 9.06. The number of ether oxygens (including phenoxy) is 1. The lowest BCUT2D eigenvalue weighted by atomic mass is 10.1. The molecule has 0 aliphatic heterocycles. The van der Waals surface area contributed by atoms with Crippen LogP contribution in [0.4, 0.5) is 0 Å². The molecule has 0 spiro atoms. The summed E-state index contributed by atoms with van der Waals surface area (Å²) in [6.45, 7) is 2.06. The Balaban J connectivity index is 3.12. The number of methoxy groups -OCH3 is 1. The number of rotatable bonds is 5. The summed E-state index contributed by atoms with van der Waals surface area (Å²) in [6.07, 6.45) is 0.474. The van der Waals surface area contributed by atoms with E-state index in [1.54, 1.807) is 14.0 Å². The second kappa shape index (κ2) is 5.65. The summed E-state index contributed by atoms with van der Waals surface area (Å²) < 4.78 is 4.70. The molecule has 10 heavy (non-hydrogen) atoms. The number of aliphatic hydroxyl groups excluding tert-OH is 2. The van der Waals surface area contributed by atoms with Crippen LogP contribution in [0.5, 0.6) is 0 Å². The highest BCUT2D eigenvalue weighted by Gasteiger charge is 2.04. The standard InChI is InChI=1S/C7H16O3/c1-6(8)3-4-7(9)5-10-2/h6-9H,3-5H2,1-2H3. The molecular weight excluding hydrogens is 132 g/mol. The minimum Gasteiger partial charge on any atom is -0.393 e. The highest BCUT2D eigenvalue weighted by Crippen LogP contribution is 2.00. The van der Waals surface area contributed by atoms with Crippen molar-refractivity contribution in [2.75, 3.05) is 13.7 Å². The first-order valence-corrected chi connectivity index (χ1v) is 3.52. The predicted octanol–water partition coefficient (Wildman–Crippen LogP) is 0.155. The molecule has 0 rings (SSSR count). The van der Waals surface area contributed by atoms with E-state index in [0.29, 0.717) is 19.4 Å². The van der Waals surface area contributed by atoms with E-state index in [4.69, 9.17) is 14.9 Å². The minimum atomic E-state index is -0.431. The Morgan fingerprint density at radius 2 is 1.90 bits per heavy atom. The molecule has 0 aromatic carbocycles. The molecule has 0 amide bonds. The van der Waals surface area contributed by atoms with Gasteiger partial charge in [-0.3, -0.25) is 0 Å². The normalized spacial score (nSPS) is 16.8. The van der Waals surface area contributed by atoms with Crippen molar-refractivity contribution in [3.8, 4) is 0 Å². The second-order valence-electron chi connectivity index (χ2n) is 2.54. The van der Waals surface area contributed by atoms with Gasteiger partial charge in [0.2, 0.25) is 0 Å². The smallest absolute Gasteiger partial charge is 0.0774 e. The van der Waals surface area contributed by atoms with Gasteiger partial charge in [0.05, 0.1) is 18.8 Å². The molecule has 62 valence electrons. The Bertz CT molecular complexity index is 73.3. The van der Waals surface area contributed by atoms with Crippen molar-refractivity contribution in [1.82, 2.24) is 0 Å². The molecule has 0 aromatic heterocycles. The van der Waals surface area contributed by atoms with E-state index in [1.165, 1.54) is 0 Å². The quantitative estimate of drug-likeness (QED) is 0.583. The van der Waals surface area contributed by atoms with Crippen molar-refractivity contribution in [2.45, 2.75) is 32.0 Å². The molecule has 0 aliphatic rings. The summed E-state index contributed by atoms with van der Waals surface area (Å²) in [7, 11) is 1.55. The van der Waals surface area contributed by atoms with Gasteiger partial charge in [0, 0.05) is 7.11 Å². The Kier molecular flexibility index (Phi) is 5.58. The van der Waals surface area contributed by atoms with Crippen LogP contribution in [0.15, 0.2) is 0 Å². The van der Waals surface area contributed by atoms with Gasteiger partial charge in [-0.25, -0.2) is 0 Å². The fraction of sp³-hybridized carbons (Fsp3) is 1.00. The van der Waals surface area contributed by atoms with E-state index in [0.717, 1.165) is 0 Å². The molecule has 0 saturated carbocycles. The highest BCUT2D eigenvalue weighted by molar-refractivity contribution is 4.56. The number of aliphatic hydroxyl groups is 2. The van der Waals surface area contributed by atoms with E-state index in [1.807, 2.05) is 0 Å². The van der Waals surface area contributed by atoms with Crippen LogP contribution in [0, 0.1) is 0 Å². The zero-order valence-electron chi connectivity index (χ0n) is 6.58. The molecule has 0 fully saturated rings. The molecule has 3 nitrogen and oxygen atoms in total. The van der Waals surface area contributed by atoms with E-state index >= 15 is 0 Å². The van der Waals surface area contributed by atoms with Crippen LogP contribution in [0.3, 0.4) is 0 Å². The van der Waals surface area contributed by atoms with Crippen molar-refractivity contribution < 1.29 is 14.9 Å². The van der Waals surface area contributed by atoms with Crippen molar-refractivity contribution in [1.29, 1.82) is 0 Å². The van der Waals surface area contributed by atoms with Crippen molar-refractivity contribution >= 4 is 0 Å². The Labute approximate surface area is 61.6 Å². The third kappa shape index (κ3) is 6.01. The largest absolute Gasteiger partial charge is 0.393 e. The fourth-order valence-corrected chi connectivity index (χ4v) is 0.709. The van der Waals surface area contributed by atoms with Crippen LogP contribution in [-0.2, 0) is 4.74 Å². The molecule has 0 aromatic rings.